The van der Waals surface area contributed by atoms with Gasteiger partial charge in [-0.25, -0.2) is 0 Å². The third-order valence-electron chi connectivity index (χ3n) is 4.03. The molecule has 0 saturated heterocycles. The van der Waals surface area contributed by atoms with E-state index in [0.717, 1.165) is 9.10 Å². The molecule has 0 aliphatic carbocycles. The van der Waals surface area contributed by atoms with Gasteiger partial charge in [0.2, 0.25) is 0 Å². The van der Waals surface area contributed by atoms with Crippen molar-refractivity contribution in [1.82, 2.24) is 0 Å². The van der Waals surface area contributed by atoms with Crippen LogP contribution >= 0.6 is 46.5 Å². The maximum Gasteiger partial charge on any atom is 0.283 e. The number of benzene rings is 1. The Labute approximate surface area is 185 Å². The lowest BCUT2D eigenvalue weighted by Crippen LogP contribution is -2.34. The van der Waals surface area contributed by atoms with Gasteiger partial charge in [0.15, 0.2) is 5.88 Å². The summed E-state index contributed by atoms with van der Waals surface area (Å²) in [4.78, 5) is 3.70. The quantitative estimate of drug-likeness (QED) is 0.573. The first-order chi connectivity index (χ1) is 13.5. The van der Waals surface area contributed by atoms with Gasteiger partial charge in [-0.2, -0.15) is 16.8 Å². The van der Waals surface area contributed by atoms with Crippen LogP contribution in [0.25, 0.3) is 0 Å². The summed E-state index contributed by atoms with van der Waals surface area (Å²) < 4.78 is 65.8. The highest BCUT2D eigenvalue weighted by Crippen LogP contribution is 2.51. The van der Waals surface area contributed by atoms with E-state index in [1.807, 2.05) is 5.38 Å². The molecule has 1 aromatic carbocycles. The van der Waals surface area contributed by atoms with E-state index >= 15 is 0 Å². The van der Waals surface area contributed by atoms with Crippen molar-refractivity contribution in [3.63, 3.8) is 0 Å². The number of hydrogen-bond donors (Lipinski definition) is 2. The molecular weight excluding hydrogens is 500 g/mol. The molecular formula is C15H13ClN2O6S5. The fourth-order valence-corrected chi connectivity index (χ4v) is 8.10. The van der Waals surface area contributed by atoms with Crippen molar-refractivity contribution in [3.05, 3.63) is 45.8 Å². The highest BCUT2D eigenvalue weighted by molar-refractivity contribution is 8.04. The highest BCUT2D eigenvalue weighted by atomic mass is 35.5. The molecule has 14 heteroatoms. The van der Waals surface area contributed by atoms with Crippen LogP contribution in [0.3, 0.4) is 0 Å². The third kappa shape index (κ3) is 4.71. The molecule has 3 heterocycles. The zero-order chi connectivity index (χ0) is 21.0. The Morgan fingerprint density at radius 3 is 2.48 bits per heavy atom. The summed E-state index contributed by atoms with van der Waals surface area (Å²) in [6, 6.07) is 6.79. The maximum absolute atomic E-state index is 11.6. The molecule has 8 nitrogen and oxygen atoms in total. The highest BCUT2D eigenvalue weighted by Gasteiger charge is 2.36. The smallest absolute Gasteiger partial charge is 0.283 e. The van der Waals surface area contributed by atoms with Gasteiger partial charge < -0.3 is 9.80 Å². The number of hydrogen-bond acceptors (Lipinski definition) is 9. The van der Waals surface area contributed by atoms with Gasteiger partial charge in [-0.15, -0.1) is 11.3 Å². The fraction of sp³-hybridized carbons (Fsp3) is 0.200. The zero-order valence-electron chi connectivity index (χ0n) is 14.3. The van der Waals surface area contributed by atoms with Gasteiger partial charge in [0.25, 0.3) is 20.2 Å². The Morgan fingerprint density at radius 1 is 1.07 bits per heavy atom. The normalized spacial score (nSPS) is 20.4. The van der Waals surface area contributed by atoms with Crippen LogP contribution in [0.1, 0.15) is 0 Å². The van der Waals surface area contributed by atoms with Crippen molar-refractivity contribution in [2.45, 2.75) is 14.5 Å². The molecule has 2 aliphatic heterocycles. The lowest BCUT2D eigenvalue weighted by atomic mass is 10.3. The molecule has 29 heavy (non-hydrogen) atoms. The summed E-state index contributed by atoms with van der Waals surface area (Å²) in [6.45, 7) is 0. The molecule has 0 radical (unpaired) electrons. The molecule has 0 bridgehead atoms. The van der Waals surface area contributed by atoms with Gasteiger partial charge in [-0.3, -0.25) is 9.11 Å². The average Bonchev–Trinajstić information content (AvgIpc) is 3.23. The lowest BCUT2D eigenvalue weighted by molar-refractivity contribution is 0.480. The molecule has 1 unspecified atom stereocenters. The van der Waals surface area contributed by atoms with Gasteiger partial charge >= 0.3 is 0 Å². The lowest BCUT2D eigenvalue weighted by Gasteiger charge is -2.25. The minimum atomic E-state index is -4.34. The first-order valence-electron chi connectivity index (χ1n) is 7.88. The van der Waals surface area contributed by atoms with Crippen LogP contribution in [0.5, 0.6) is 0 Å². The van der Waals surface area contributed by atoms with Crippen molar-refractivity contribution >= 4 is 78.1 Å². The summed E-state index contributed by atoms with van der Waals surface area (Å²) in [6.07, 6.45) is 1.71. The van der Waals surface area contributed by atoms with E-state index in [-0.39, 0.29) is 0 Å². The van der Waals surface area contributed by atoms with Crippen molar-refractivity contribution in [2.24, 2.45) is 0 Å². The SMILES string of the molecule is O=S(=O)(O)CN1C(=CC2Sc3sccc3N2CS(=O)(=O)O)Sc2ccc(Cl)cc21. The van der Waals surface area contributed by atoms with Crippen LogP contribution in [-0.4, -0.2) is 43.1 Å². The van der Waals surface area contributed by atoms with Crippen molar-refractivity contribution in [2.75, 3.05) is 21.6 Å². The second-order valence-corrected chi connectivity index (χ2v) is 12.8. The summed E-state index contributed by atoms with van der Waals surface area (Å²) in [5.41, 5.74) is 1.22. The van der Waals surface area contributed by atoms with E-state index < -0.39 is 37.4 Å². The Kier molecular flexibility index (Phi) is 5.61. The van der Waals surface area contributed by atoms with E-state index in [1.54, 1.807) is 30.3 Å². The predicted molar refractivity (Wildman–Crippen MR) is 117 cm³/mol. The van der Waals surface area contributed by atoms with Gasteiger partial charge in [-0.05, 0) is 35.7 Å². The first kappa shape index (κ1) is 21.3. The molecule has 1 atom stereocenters. The molecule has 156 valence electrons. The second kappa shape index (κ2) is 7.64. The molecule has 0 fully saturated rings. The number of thioether (sulfide) groups is 2. The van der Waals surface area contributed by atoms with Gasteiger partial charge in [-0.1, -0.05) is 35.1 Å². The Hall–Kier alpha value is -0.930. The molecule has 2 N–H and O–H groups in total. The standard InChI is InChI=1S/C15H13ClN2O6S5/c16-9-1-2-12-11(5-9)18(8-29(22,23)24)13(26-12)6-14-17(7-28(19,20)21)10-3-4-25-15(10)27-14/h1-6,14H,7-8H2,(H,19,20,21)(H,22,23,24). The van der Waals surface area contributed by atoms with Crippen molar-refractivity contribution in [1.29, 1.82) is 0 Å². The Balaban J connectivity index is 1.73. The third-order valence-corrected chi connectivity index (χ3v) is 8.91. The van der Waals surface area contributed by atoms with E-state index in [4.69, 9.17) is 11.6 Å². The second-order valence-electron chi connectivity index (χ2n) is 6.14. The molecule has 0 spiro atoms. The fourth-order valence-electron chi connectivity index (χ4n) is 2.96. The monoisotopic (exact) mass is 512 g/mol. The largest absolute Gasteiger partial charge is 0.338 e. The summed E-state index contributed by atoms with van der Waals surface area (Å²) in [5.74, 6) is -1.27. The molecule has 4 rings (SSSR count). The number of thiophene rings is 1. The molecule has 0 saturated carbocycles. The van der Waals surface area contributed by atoms with Gasteiger partial charge in [0.1, 0.15) is 11.3 Å². The van der Waals surface area contributed by atoms with Crippen LogP contribution in [0.15, 0.2) is 49.9 Å². The van der Waals surface area contributed by atoms with Crippen molar-refractivity contribution < 1.29 is 25.9 Å². The topological polar surface area (TPSA) is 115 Å². The van der Waals surface area contributed by atoms with Gasteiger partial charge in [0, 0.05) is 9.92 Å². The number of anilines is 2. The van der Waals surface area contributed by atoms with E-state index in [1.165, 1.54) is 44.7 Å². The molecule has 2 aliphatic rings. The van der Waals surface area contributed by atoms with Crippen LogP contribution in [0.2, 0.25) is 5.02 Å². The Morgan fingerprint density at radius 2 is 1.79 bits per heavy atom. The predicted octanol–water partition coefficient (Wildman–Crippen LogP) is 3.78. The van der Waals surface area contributed by atoms with Crippen LogP contribution in [0, 0.1) is 0 Å². The average molecular weight is 513 g/mol. The minimum absolute atomic E-state index is 0.413. The zero-order valence-corrected chi connectivity index (χ0v) is 19.1. The Bertz CT molecular complexity index is 1210. The summed E-state index contributed by atoms with van der Waals surface area (Å²) in [7, 11) is -8.62. The number of nitrogens with zero attached hydrogens (tertiary/aromatic N) is 2. The van der Waals surface area contributed by atoms with E-state index in [0.29, 0.717) is 21.4 Å². The van der Waals surface area contributed by atoms with E-state index in [2.05, 4.69) is 0 Å². The van der Waals surface area contributed by atoms with E-state index in [9.17, 15) is 25.9 Å². The van der Waals surface area contributed by atoms with Crippen LogP contribution in [0.4, 0.5) is 11.4 Å². The molecule has 0 amide bonds. The number of rotatable bonds is 5. The minimum Gasteiger partial charge on any atom is -0.338 e. The number of halogens is 1. The number of fused-ring (bicyclic) bond motifs is 2. The summed E-state index contributed by atoms with van der Waals surface area (Å²) in [5, 5.41) is 2.25. The molecule has 2 aromatic rings. The molecule has 1 aromatic heterocycles. The van der Waals surface area contributed by atoms with Crippen LogP contribution < -0.4 is 9.80 Å². The maximum atomic E-state index is 11.6. The van der Waals surface area contributed by atoms with Crippen LogP contribution in [-0.2, 0) is 20.2 Å². The van der Waals surface area contributed by atoms with Crippen molar-refractivity contribution in [3.8, 4) is 0 Å². The van der Waals surface area contributed by atoms with Gasteiger partial charge in [0.05, 0.1) is 20.6 Å². The summed E-state index contributed by atoms with van der Waals surface area (Å²) >= 11 is 10.2. The first-order valence-corrected chi connectivity index (χ1v) is 14.1.